The largest absolute Gasteiger partial charge is 0.353 e. The summed E-state index contributed by atoms with van der Waals surface area (Å²) in [6, 6.07) is 0.229. The number of hydrogen-bond acceptors (Lipinski definition) is 3. The number of rotatable bonds is 4. The van der Waals surface area contributed by atoms with Crippen molar-refractivity contribution >= 4 is 5.91 Å². The first-order chi connectivity index (χ1) is 7.11. The van der Waals surface area contributed by atoms with Gasteiger partial charge in [0.2, 0.25) is 5.91 Å². The van der Waals surface area contributed by atoms with Gasteiger partial charge in [-0.05, 0) is 45.7 Å². The fourth-order valence-corrected chi connectivity index (χ4v) is 2.06. The van der Waals surface area contributed by atoms with Crippen molar-refractivity contribution in [3.63, 3.8) is 0 Å². The molecule has 0 unspecified atom stereocenters. The SMILES string of the molecule is CC(C)NC(=O)CN1CCC[C@@H](CN)C1. The Kier molecular flexibility index (Phi) is 5.05. The van der Waals surface area contributed by atoms with Crippen molar-refractivity contribution in [3.05, 3.63) is 0 Å². The predicted molar refractivity (Wildman–Crippen MR) is 61.5 cm³/mol. The van der Waals surface area contributed by atoms with E-state index in [0.717, 1.165) is 26.1 Å². The first kappa shape index (κ1) is 12.5. The number of nitrogens with zero attached hydrogens (tertiary/aromatic N) is 1. The second kappa shape index (κ2) is 6.08. The van der Waals surface area contributed by atoms with E-state index >= 15 is 0 Å². The average molecular weight is 213 g/mol. The van der Waals surface area contributed by atoms with Crippen LogP contribution in [-0.2, 0) is 4.79 Å². The summed E-state index contributed by atoms with van der Waals surface area (Å²) in [5, 5.41) is 2.91. The van der Waals surface area contributed by atoms with E-state index in [1.165, 1.54) is 6.42 Å². The van der Waals surface area contributed by atoms with Crippen LogP contribution < -0.4 is 11.1 Å². The molecule has 1 heterocycles. The third-order valence-corrected chi connectivity index (χ3v) is 2.75. The van der Waals surface area contributed by atoms with Crippen LogP contribution in [0.5, 0.6) is 0 Å². The molecule has 1 aliphatic rings. The van der Waals surface area contributed by atoms with Gasteiger partial charge in [-0.2, -0.15) is 0 Å². The molecular weight excluding hydrogens is 190 g/mol. The minimum Gasteiger partial charge on any atom is -0.353 e. The molecule has 0 aliphatic carbocycles. The molecule has 1 aliphatic heterocycles. The van der Waals surface area contributed by atoms with Crippen LogP contribution in [0.2, 0.25) is 0 Å². The molecule has 1 amide bonds. The fraction of sp³-hybridized carbons (Fsp3) is 0.909. The van der Waals surface area contributed by atoms with Crippen molar-refractivity contribution < 1.29 is 4.79 Å². The zero-order valence-electron chi connectivity index (χ0n) is 9.83. The van der Waals surface area contributed by atoms with Gasteiger partial charge in [-0.15, -0.1) is 0 Å². The summed E-state index contributed by atoms with van der Waals surface area (Å²) in [7, 11) is 0. The molecule has 1 fully saturated rings. The van der Waals surface area contributed by atoms with E-state index < -0.39 is 0 Å². The Hall–Kier alpha value is -0.610. The van der Waals surface area contributed by atoms with Crippen LogP contribution in [0.15, 0.2) is 0 Å². The van der Waals surface area contributed by atoms with Crippen molar-refractivity contribution in [2.45, 2.75) is 32.7 Å². The molecule has 0 saturated carbocycles. The lowest BCUT2D eigenvalue weighted by Gasteiger charge is -2.31. The number of amides is 1. The van der Waals surface area contributed by atoms with Crippen molar-refractivity contribution in [1.29, 1.82) is 0 Å². The average Bonchev–Trinajstić information content (AvgIpc) is 2.16. The van der Waals surface area contributed by atoms with Crippen LogP contribution in [-0.4, -0.2) is 43.0 Å². The molecule has 4 heteroatoms. The Balaban J connectivity index is 2.28. The molecule has 88 valence electrons. The van der Waals surface area contributed by atoms with Gasteiger partial charge < -0.3 is 11.1 Å². The minimum atomic E-state index is 0.127. The summed E-state index contributed by atoms with van der Waals surface area (Å²) in [6.45, 7) is 7.23. The first-order valence-electron chi connectivity index (χ1n) is 5.83. The molecule has 0 aromatic heterocycles. The van der Waals surface area contributed by atoms with Gasteiger partial charge in [-0.3, -0.25) is 9.69 Å². The summed E-state index contributed by atoms with van der Waals surface area (Å²) in [5.74, 6) is 0.702. The first-order valence-corrected chi connectivity index (χ1v) is 5.83. The standard InChI is InChI=1S/C11H23N3O/c1-9(2)13-11(15)8-14-5-3-4-10(6-12)7-14/h9-10H,3-8,12H2,1-2H3,(H,13,15)/t10-/m0/s1. The molecule has 0 aromatic rings. The van der Waals surface area contributed by atoms with Crippen LogP contribution in [0.25, 0.3) is 0 Å². The van der Waals surface area contributed by atoms with E-state index in [1.807, 2.05) is 13.8 Å². The zero-order valence-corrected chi connectivity index (χ0v) is 9.83. The number of carbonyl (C=O) groups excluding carboxylic acids is 1. The molecule has 15 heavy (non-hydrogen) atoms. The molecule has 0 bridgehead atoms. The minimum absolute atomic E-state index is 0.127. The summed E-state index contributed by atoms with van der Waals surface area (Å²) in [4.78, 5) is 13.7. The maximum absolute atomic E-state index is 11.5. The fourth-order valence-electron chi connectivity index (χ4n) is 2.06. The Morgan fingerprint density at radius 1 is 1.60 bits per heavy atom. The Morgan fingerprint density at radius 2 is 2.33 bits per heavy atom. The predicted octanol–water partition coefficient (Wildman–Crippen LogP) is 0.182. The van der Waals surface area contributed by atoms with E-state index in [-0.39, 0.29) is 11.9 Å². The lowest BCUT2D eigenvalue weighted by Crippen LogP contribution is -2.45. The third kappa shape index (κ3) is 4.62. The second-order valence-electron chi connectivity index (χ2n) is 4.70. The normalized spacial score (nSPS) is 23.1. The summed E-state index contributed by atoms with van der Waals surface area (Å²) < 4.78 is 0. The molecule has 1 rings (SSSR count). The van der Waals surface area contributed by atoms with Gasteiger partial charge in [0, 0.05) is 12.6 Å². The zero-order chi connectivity index (χ0) is 11.3. The highest BCUT2D eigenvalue weighted by molar-refractivity contribution is 5.78. The highest BCUT2D eigenvalue weighted by Crippen LogP contribution is 2.14. The van der Waals surface area contributed by atoms with Gasteiger partial charge in [-0.1, -0.05) is 0 Å². The molecular formula is C11H23N3O. The second-order valence-corrected chi connectivity index (χ2v) is 4.70. The highest BCUT2D eigenvalue weighted by atomic mass is 16.2. The molecule has 0 aromatic carbocycles. The van der Waals surface area contributed by atoms with Crippen LogP contribution >= 0.6 is 0 Å². The number of nitrogens with one attached hydrogen (secondary N) is 1. The van der Waals surface area contributed by atoms with Crippen molar-refractivity contribution in [2.24, 2.45) is 11.7 Å². The van der Waals surface area contributed by atoms with Gasteiger partial charge in [0.1, 0.15) is 0 Å². The van der Waals surface area contributed by atoms with E-state index in [9.17, 15) is 4.79 Å². The molecule has 1 atom stereocenters. The van der Waals surface area contributed by atoms with Crippen LogP contribution in [0.3, 0.4) is 0 Å². The molecule has 3 N–H and O–H groups in total. The summed E-state index contributed by atoms with van der Waals surface area (Å²) in [5.41, 5.74) is 5.65. The lowest BCUT2D eigenvalue weighted by molar-refractivity contribution is -0.123. The third-order valence-electron chi connectivity index (χ3n) is 2.75. The van der Waals surface area contributed by atoms with E-state index in [1.54, 1.807) is 0 Å². The van der Waals surface area contributed by atoms with E-state index in [2.05, 4.69) is 10.2 Å². The lowest BCUT2D eigenvalue weighted by atomic mass is 9.98. The van der Waals surface area contributed by atoms with Crippen LogP contribution in [0, 0.1) is 5.92 Å². The topological polar surface area (TPSA) is 58.4 Å². The smallest absolute Gasteiger partial charge is 0.234 e. The number of hydrogen-bond donors (Lipinski definition) is 2. The van der Waals surface area contributed by atoms with Crippen LogP contribution in [0.4, 0.5) is 0 Å². The highest BCUT2D eigenvalue weighted by Gasteiger charge is 2.20. The van der Waals surface area contributed by atoms with Crippen molar-refractivity contribution in [1.82, 2.24) is 10.2 Å². The van der Waals surface area contributed by atoms with Gasteiger partial charge in [0.25, 0.3) is 0 Å². The van der Waals surface area contributed by atoms with Gasteiger partial charge in [0.15, 0.2) is 0 Å². The van der Waals surface area contributed by atoms with E-state index in [4.69, 9.17) is 5.73 Å². The quantitative estimate of drug-likeness (QED) is 0.700. The molecule has 1 saturated heterocycles. The maximum atomic E-state index is 11.5. The van der Waals surface area contributed by atoms with Gasteiger partial charge >= 0.3 is 0 Å². The van der Waals surface area contributed by atoms with Crippen LogP contribution in [0.1, 0.15) is 26.7 Å². The molecule has 0 spiro atoms. The number of piperidine rings is 1. The van der Waals surface area contributed by atoms with Crippen molar-refractivity contribution in [2.75, 3.05) is 26.2 Å². The van der Waals surface area contributed by atoms with Gasteiger partial charge in [0.05, 0.1) is 6.54 Å². The molecule has 4 nitrogen and oxygen atoms in total. The van der Waals surface area contributed by atoms with E-state index in [0.29, 0.717) is 12.5 Å². The Morgan fingerprint density at radius 3 is 2.93 bits per heavy atom. The number of likely N-dealkylation sites (tertiary alicyclic amines) is 1. The Labute approximate surface area is 92.2 Å². The van der Waals surface area contributed by atoms with Gasteiger partial charge in [-0.25, -0.2) is 0 Å². The summed E-state index contributed by atoms with van der Waals surface area (Å²) >= 11 is 0. The molecule has 0 radical (unpaired) electrons. The number of carbonyl (C=O) groups is 1. The monoisotopic (exact) mass is 213 g/mol. The number of nitrogens with two attached hydrogens (primary N) is 1. The van der Waals surface area contributed by atoms with Crippen molar-refractivity contribution in [3.8, 4) is 0 Å². The maximum Gasteiger partial charge on any atom is 0.234 e. The summed E-state index contributed by atoms with van der Waals surface area (Å²) in [6.07, 6.45) is 2.37. The Bertz CT molecular complexity index is 206.